The zero-order chi connectivity index (χ0) is 20.5. The van der Waals surface area contributed by atoms with Crippen molar-refractivity contribution in [2.75, 3.05) is 16.8 Å². The summed E-state index contributed by atoms with van der Waals surface area (Å²) in [4.78, 5) is 26.7. The molecule has 1 atom stereocenters. The zero-order valence-electron chi connectivity index (χ0n) is 16.0. The van der Waals surface area contributed by atoms with Gasteiger partial charge in [0.2, 0.25) is 11.0 Å². The minimum Gasteiger partial charge on any atom is -0.312 e. The van der Waals surface area contributed by atoms with Crippen molar-refractivity contribution in [2.24, 2.45) is 0 Å². The van der Waals surface area contributed by atoms with Gasteiger partial charge >= 0.3 is 0 Å². The van der Waals surface area contributed by atoms with Crippen LogP contribution in [-0.2, 0) is 4.79 Å². The van der Waals surface area contributed by atoms with E-state index in [4.69, 9.17) is 11.6 Å². The summed E-state index contributed by atoms with van der Waals surface area (Å²) in [7, 11) is 0. The topological polar surface area (TPSA) is 75.2 Å². The summed E-state index contributed by atoms with van der Waals surface area (Å²) in [6, 6.07) is 12.8. The Balaban J connectivity index is 1.45. The molecule has 0 spiro atoms. The maximum atomic E-state index is 12.5. The van der Waals surface area contributed by atoms with Crippen LogP contribution in [0.1, 0.15) is 38.8 Å². The summed E-state index contributed by atoms with van der Waals surface area (Å²) in [6.07, 6.45) is 0.363. The second kappa shape index (κ2) is 7.93. The number of rotatable bonds is 4. The maximum Gasteiger partial charge on any atom is 0.257 e. The third kappa shape index (κ3) is 4.16. The van der Waals surface area contributed by atoms with Gasteiger partial charge in [-0.2, -0.15) is 0 Å². The van der Waals surface area contributed by atoms with Crippen molar-refractivity contribution in [3.63, 3.8) is 0 Å². The Bertz CT molecular complexity index is 1080. The van der Waals surface area contributed by atoms with Crippen LogP contribution in [0.4, 0.5) is 10.8 Å². The molecule has 1 aliphatic heterocycles. The number of carbonyl (C=O) groups is 2. The van der Waals surface area contributed by atoms with E-state index >= 15 is 0 Å². The lowest BCUT2D eigenvalue weighted by atomic mass is 10.1. The monoisotopic (exact) mass is 426 g/mol. The van der Waals surface area contributed by atoms with Crippen LogP contribution in [0.3, 0.4) is 0 Å². The molecule has 29 heavy (non-hydrogen) atoms. The first-order chi connectivity index (χ1) is 13.9. The molecule has 2 aromatic carbocycles. The SMILES string of the molecule is Cc1ccc(C(=O)Nc2nnc([C@@H]3CC(=O)N(c4ccc(Cl)cc4)C3)s2)cc1C. The third-order valence-electron chi connectivity index (χ3n) is 5.04. The number of nitrogens with zero attached hydrogens (tertiary/aromatic N) is 3. The highest BCUT2D eigenvalue weighted by Gasteiger charge is 2.34. The van der Waals surface area contributed by atoms with E-state index in [1.165, 1.54) is 11.3 Å². The first-order valence-electron chi connectivity index (χ1n) is 9.18. The van der Waals surface area contributed by atoms with Gasteiger partial charge in [0.1, 0.15) is 5.01 Å². The van der Waals surface area contributed by atoms with Crippen LogP contribution < -0.4 is 10.2 Å². The quantitative estimate of drug-likeness (QED) is 0.662. The molecule has 148 valence electrons. The van der Waals surface area contributed by atoms with E-state index < -0.39 is 0 Å². The maximum absolute atomic E-state index is 12.5. The predicted molar refractivity (Wildman–Crippen MR) is 115 cm³/mol. The third-order valence-corrected chi connectivity index (χ3v) is 6.30. The summed E-state index contributed by atoms with van der Waals surface area (Å²) >= 11 is 7.24. The van der Waals surface area contributed by atoms with Gasteiger partial charge in [0, 0.05) is 35.2 Å². The largest absolute Gasteiger partial charge is 0.312 e. The van der Waals surface area contributed by atoms with E-state index in [1.54, 1.807) is 23.1 Å². The van der Waals surface area contributed by atoms with Crippen LogP contribution in [0, 0.1) is 13.8 Å². The first kappa shape index (κ1) is 19.5. The average molecular weight is 427 g/mol. The minimum absolute atomic E-state index is 0.0354. The summed E-state index contributed by atoms with van der Waals surface area (Å²) in [6.45, 7) is 4.50. The Morgan fingerprint density at radius 3 is 2.62 bits per heavy atom. The molecule has 3 aromatic rings. The normalized spacial score (nSPS) is 16.3. The van der Waals surface area contributed by atoms with E-state index in [9.17, 15) is 9.59 Å². The molecule has 0 saturated carbocycles. The molecule has 2 amide bonds. The van der Waals surface area contributed by atoms with Gasteiger partial charge in [-0.05, 0) is 61.4 Å². The van der Waals surface area contributed by atoms with Crippen molar-refractivity contribution in [1.29, 1.82) is 0 Å². The van der Waals surface area contributed by atoms with Crippen LogP contribution in [-0.4, -0.2) is 28.6 Å². The molecule has 1 N–H and O–H groups in total. The highest BCUT2D eigenvalue weighted by molar-refractivity contribution is 7.15. The van der Waals surface area contributed by atoms with Gasteiger partial charge in [0.15, 0.2) is 0 Å². The van der Waals surface area contributed by atoms with E-state index in [1.807, 2.05) is 38.1 Å². The van der Waals surface area contributed by atoms with E-state index in [2.05, 4.69) is 15.5 Å². The van der Waals surface area contributed by atoms with Crippen molar-refractivity contribution in [3.05, 3.63) is 69.2 Å². The molecule has 8 heteroatoms. The van der Waals surface area contributed by atoms with Gasteiger partial charge in [-0.3, -0.25) is 14.9 Å². The highest BCUT2D eigenvalue weighted by Crippen LogP contribution is 2.34. The number of amides is 2. The first-order valence-corrected chi connectivity index (χ1v) is 10.4. The van der Waals surface area contributed by atoms with Gasteiger partial charge in [-0.25, -0.2) is 0 Å². The molecule has 4 rings (SSSR count). The fourth-order valence-corrected chi connectivity index (χ4v) is 4.20. The minimum atomic E-state index is -0.221. The Hall–Kier alpha value is -2.77. The van der Waals surface area contributed by atoms with Gasteiger partial charge in [-0.1, -0.05) is 29.0 Å². The van der Waals surface area contributed by atoms with Crippen LogP contribution in [0.5, 0.6) is 0 Å². The van der Waals surface area contributed by atoms with Crippen LogP contribution in [0.25, 0.3) is 0 Å². The van der Waals surface area contributed by atoms with Crippen LogP contribution in [0.15, 0.2) is 42.5 Å². The van der Waals surface area contributed by atoms with Crippen molar-refractivity contribution < 1.29 is 9.59 Å². The molecule has 1 aliphatic rings. The van der Waals surface area contributed by atoms with Gasteiger partial charge in [0.25, 0.3) is 5.91 Å². The summed E-state index contributed by atoms with van der Waals surface area (Å²) in [5.41, 5.74) is 3.59. The number of anilines is 2. The van der Waals surface area contributed by atoms with Crippen molar-refractivity contribution in [2.45, 2.75) is 26.2 Å². The number of hydrogen-bond acceptors (Lipinski definition) is 5. The van der Waals surface area contributed by atoms with Gasteiger partial charge < -0.3 is 4.90 Å². The second-order valence-corrected chi connectivity index (χ2v) is 8.53. The summed E-state index contributed by atoms with van der Waals surface area (Å²) in [5, 5.41) is 12.9. The van der Waals surface area contributed by atoms with Crippen molar-refractivity contribution in [3.8, 4) is 0 Å². The molecule has 0 radical (unpaired) electrons. The van der Waals surface area contributed by atoms with Crippen molar-refractivity contribution in [1.82, 2.24) is 10.2 Å². The standard InChI is InChI=1S/C21H19ClN4O2S/c1-12-3-4-14(9-13(12)2)19(28)23-21-25-24-20(29-21)15-10-18(27)26(11-15)17-7-5-16(22)6-8-17/h3-9,15H,10-11H2,1-2H3,(H,23,25,28)/t15-/m1/s1. The lowest BCUT2D eigenvalue weighted by molar-refractivity contribution is -0.117. The molecule has 0 unspecified atom stereocenters. The van der Waals surface area contributed by atoms with Crippen LogP contribution in [0.2, 0.25) is 5.02 Å². The fraction of sp³-hybridized carbons (Fsp3) is 0.238. The van der Waals surface area contributed by atoms with Crippen LogP contribution >= 0.6 is 22.9 Å². The lowest BCUT2D eigenvalue weighted by Gasteiger charge is -2.16. The van der Waals surface area contributed by atoms with Gasteiger partial charge in [0.05, 0.1) is 0 Å². The predicted octanol–water partition coefficient (Wildman–Crippen LogP) is 4.58. The molecule has 1 fully saturated rings. The fourth-order valence-electron chi connectivity index (χ4n) is 3.25. The molecule has 1 aromatic heterocycles. The highest BCUT2D eigenvalue weighted by atomic mass is 35.5. The number of carbonyl (C=O) groups excluding carboxylic acids is 2. The molecule has 1 saturated heterocycles. The molecular weight excluding hydrogens is 408 g/mol. The number of aromatic nitrogens is 2. The van der Waals surface area contributed by atoms with E-state index in [0.717, 1.165) is 21.8 Å². The lowest BCUT2D eigenvalue weighted by Crippen LogP contribution is -2.24. The van der Waals surface area contributed by atoms with Gasteiger partial charge in [-0.15, -0.1) is 10.2 Å². The number of benzene rings is 2. The number of nitrogens with one attached hydrogen (secondary N) is 1. The zero-order valence-corrected chi connectivity index (χ0v) is 17.5. The summed E-state index contributed by atoms with van der Waals surface area (Å²) in [5.74, 6) is -0.239. The number of hydrogen-bond donors (Lipinski definition) is 1. The Morgan fingerprint density at radius 2 is 1.90 bits per heavy atom. The molecule has 2 heterocycles. The van der Waals surface area contributed by atoms with E-state index in [0.29, 0.717) is 28.7 Å². The molecule has 0 aliphatic carbocycles. The Labute approximate surface area is 177 Å². The number of aryl methyl sites for hydroxylation is 2. The molecular formula is C21H19ClN4O2S. The smallest absolute Gasteiger partial charge is 0.257 e. The Kier molecular flexibility index (Phi) is 5.34. The molecule has 0 bridgehead atoms. The molecule has 6 nitrogen and oxygen atoms in total. The van der Waals surface area contributed by atoms with Crippen molar-refractivity contribution >= 4 is 45.6 Å². The Morgan fingerprint density at radius 1 is 1.14 bits per heavy atom. The summed E-state index contributed by atoms with van der Waals surface area (Å²) < 4.78 is 0. The van der Waals surface area contributed by atoms with E-state index in [-0.39, 0.29) is 17.7 Å². The second-order valence-electron chi connectivity index (χ2n) is 7.08. The average Bonchev–Trinajstić information content (AvgIpc) is 3.31. The number of halogens is 1.